The van der Waals surface area contributed by atoms with Gasteiger partial charge in [0.1, 0.15) is 11.9 Å². The predicted octanol–water partition coefficient (Wildman–Crippen LogP) is 1.56. The van der Waals surface area contributed by atoms with E-state index in [0.717, 1.165) is 88.4 Å². The van der Waals surface area contributed by atoms with Gasteiger partial charge in [-0.1, -0.05) is 0 Å². The molecule has 0 radical (unpaired) electrons. The number of carbonyl (C=O) groups is 6. The Kier molecular flexibility index (Phi) is 10.1. The van der Waals surface area contributed by atoms with Crippen molar-refractivity contribution in [3.05, 3.63) is 53.6 Å². The highest BCUT2D eigenvalue weighted by atomic mass is 16.2. The van der Waals surface area contributed by atoms with Crippen LogP contribution in [-0.4, -0.2) is 152 Å². The van der Waals surface area contributed by atoms with Crippen molar-refractivity contribution in [2.45, 2.75) is 75.5 Å². The van der Waals surface area contributed by atoms with E-state index in [-0.39, 0.29) is 48.0 Å². The molecule has 1 unspecified atom stereocenters. The lowest BCUT2D eigenvalue weighted by molar-refractivity contribution is -0.136. The minimum absolute atomic E-state index is 0.0435. The molecule has 19 nitrogen and oxygen atoms in total. The van der Waals surface area contributed by atoms with E-state index in [1.165, 1.54) is 0 Å². The monoisotopic (exact) mass is 807 g/mol. The predicted molar refractivity (Wildman–Crippen MR) is 214 cm³/mol. The zero-order valence-electron chi connectivity index (χ0n) is 33.1. The summed E-state index contributed by atoms with van der Waals surface area (Å²) in [6, 6.07) is 5.09. The van der Waals surface area contributed by atoms with Crippen molar-refractivity contribution in [2.24, 2.45) is 5.73 Å². The third kappa shape index (κ3) is 7.31. The first-order chi connectivity index (χ1) is 28.5. The summed E-state index contributed by atoms with van der Waals surface area (Å²) in [5, 5.41) is 10.2. The van der Waals surface area contributed by atoms with Crippen LogP contribution >= 0.6 is 0 Å². The Hall–Kier alpha value is -6.11. The maximum atomic E-state index is 13.4. The third-order valence-corrected chi connectivity index (χ3v) is 12.9. The number of hydrogen-bond donors (Lipinski definition) is 3. The van der Waals surface area contributed by atoms with Gasteiger partial charge in [-0.2, -0.15) is 5.10 Å². The number of primary amides is 1. The van der Waals surface area contributed by atoms with Gasteiger partial charge in [0.2, 0.25) is 11.8 Å². The first kappa shape index (κ1) is 38.4. The number of fused-ring (bicyclic) bond motifs is 1. The fraction of sp³-hybridized carbons (Fsp3) is 0.525. The van der Waals surface area contributed by atoms with Crippen molar-refractivity contribution in [3.63, 3.8) is 0 Å². The smallest absolute Gasteiger partial charge is 0.320 e. The molecule has 3 aromatic rings. The van der Waals surface area contributed by atoms with Gasteiger partial charge in [0.05, 0.1) is 41.3 Å². The van der Waals surface area contributed by atoms with Crippen LogP contribution in [0.1, 0.15) is 88.6 Å². The lowest BCUT2D eigenvalue weighted by atomic mass is 9.97. The number of hydrogen-bond acceptors (Lipinski definition) is 13. The molecule has 6 aliphatic heterocycles. The van der Waals surface area contributed by atoms with Gasteiger partial charge in [-0.15, -0.1) is 0 Å². The molecule has 0 bridgehead atoms. The highest BCUT2D eigenvalue weighted by Gasteiger charge is 2.45. The molecule has 6 aliphatic rings. The van der Waals surface area contributed by atoms with E-state index >= 15 is 0 Å². The Bertz CT molecular complexity index is 2200. The van der Waals surface area contributed by atoms with E-state index < -0.39 is 35.6 Å². The minimum atomic E-state index is -0.985. The maximum Gasteiger partial charge on any atom is 0.320 e. The van der Waals surface area contributed by atoms with E-state index in [4.69, 9.17) is 10.7 Å². The molecule has 2 atom stereocenters. The largest absolute Gasteiger partial charge is 0.371 e. The minimum Gasteiger partial charge on any atom is -0.371 e. The maximum absolute atomic E-state index is 13.4. The molecule has 19 heteroatoms. The number of likely N-dealkylation sites (tertiary alicyclic amines) is 1. The number of anilines is 4. The zero-order chi connectivity index (χ0) is 40.9. The summed E-state index contributed by atoms with van der Waals surface area (Å²) in [7, 11) is 1.82. The fourth-order valence-electron chi connectivity index (χ4n) is 9.62. The van der Waals surface area contributed by atoms with Gasteiger partial charge in [0.15, 0.2) is 11.5 Å². The summed E-state index contributed by atoms with van der Waals surface area (Å²) in [5.74, 6) is -1.81. The van der Waals surface area contributed by atoms with Gasteiger partial charge < -0.3 is 35.6 Å². The van der Waals surface area contributed by atoms with Gasteiger partial charge in [-0.3, -0.25) is 38.9 Å². The van der Waals surface area contributed by atoms with E-state index in [2.05, 4.69) is 35.4 Å². The normalized spacial score (nSPS) is 23.7. The van der Waals surface area contributed by atoms with Gasteiger partial charge in [-0.25, -0.2) is 14.8 Å². The number of likely N-dealkylation sites (N-methyl/N-ethyl adjacent to an activating group) is 1. The third-order valence-electron chi connectivity index (χ3n) is 12.9. The molecular weight excluding hydrogens is 759 g/mol. The number of amides is 7. The fourth-order valence-corrected chi connectivity index (χ4v) is 9.62. The Morgan fingerprint density at radius 2 is 1.59 bits per heavy atom. The number of nitrogens with one attached hydrogen (secondary N) is 2. The molecule has 59 heavy (non-hydrogen) atoms. The summed E-state index contributed by atoms with van der Waals surface area (Å²) >= 11 is 0. The standard InChI is InChI=1S/C40H49N13O6/c1-47-17-18-51(40(47)59)28-3-2-12-50(23-28)32-21-42-34(35(41)55)36(45-32)44-24-20-43-52(22-24)26-10-15-48(16-11-26)25-8-13-49(14-9-25)27-4-5-29-30(19-27)39(58)53(38(29)57)31-6-7-33(54)46-37(31)56/h4-5,19-22,25-26,28,31H,2-3,6-18,23H2,1H3,(H2,41,55)(H,44,45)(H,46,54,56)/t28-,31?/m0/s1. The second kappa shape index (κ2) is 15.6. The lowest BCUT2D eigenvalue weighted by Gasteiger charge is -2.42. The van der Waals surface area contributed by atoms with Crippen molar-refractivity contribution in [3.8, 4) is 0 Å². The van der Waals surface area contributed by atoms with Gasteiger partial charge in [0.25, 0.3) is 17.7 Å². The first-order valence-electron chi connectivity index (χ1n) is 20.6. The van der Waals surface area contributed by atoms with Crippen molar-refractivity contribution >= 4 is 58.6 Å². The number of nitrogens with two attached hydrogens (primary N) is 1. The molecule has 1 aromatic carbocycles. The van der Waals surface area contributed by atoms with E-state index in [9.17, 15) is 28.8 Å². The van der Waals surface area contributed by atoms with Crippen LogP contribution in [0.15, 0.2) is 36.8 Å². The number of piperidine rings is 4. The number of nitrogens with zero attached hydrogens (tertiary/aromatic N) is 10. The Morgan fingerprint density at radius 1 is 0.831 bits per heavy atom. The molecule has 9 rings (SSSR count). The molecule has 4 N–H and O–H groups in total. The van der Waals surface area contributed by atoms with E-state index in [1.54, 1.807) is 29.4 Å². The molecule has 7 amide bonds. The number of benzene rings is 1. The Morgan fingerprint density at radius 3 is 2.32 bits per heavy atom. The van der Waals surface area contributed by atoms with Crippen LogP contribution in [0.5, 0.6) is 0 Å². The number of urea groups is 1. The molecule has 0 saturated carbocycles. The van der Waals surface area contributed by atoms with E-state index in [0.29, 0.717) is 36.2 Å². The molecule has 0 spiro atoms. The van der Waals surface area contributed by atoms with Crippen LogP contribution in [0.2, 0.25) is 0 Å². The number of aromatic nitrogens is 4. The van der Waals surface area contributed by atoms with Crippen LogP contribution < -0.4 is 26.2 Å². The highest BCUT2D eigenvalue weighted by molar-refractivity contribution is 6.23. The van der Waals surface area contributed by atoms with E-state index in [1.807, 2.05) is 28.9 Å². The summed E-state index contributed by atoms with van der Waals surface area (Å²) in [5.41, 5.74) is 7.89. The van der Waals surface area contributed by atoms with Crippen molar-refractivity contribution in [2.75, 3.05) is 74.5 Å². The molecular formula is C40H49N13O6. The summed E-state index contributed by atoms with van der Waals surface area (Å²) in [6.45, 7) is 6.30. The van der Waals surface area contributed by atoms with Crippen LogP contribution in [0.3, 0.4) is 0 Å². The molecule has 2 aromatic heterocycles. The van der Waals surface area contributed by atoms with Crippen molar-refractivity contribution in [1.29, 1.82) is 0 Å². The highest BCUT2D eigenvalue weighted by Crippen LogP contribution is 2.34. The SMILES string of the molecule is CN1CCN([C@H]2CCCN(c3cnc(C(N)=O)c(Nc4cnn(C5CCN(C6CCN(c7ccc8c(c7)C(=O)N(C7CCC(=O)NC7=O)C8=O)CC6)CC5)c4)n3)C2)C1=O. The van der Waals surface area contributed by atoms with Gasteiger partial charge in [-0.05, 0) is 63.1 Å². The Balaban J connectivity index is 0.783. The summed E-state index contributed by atoms with van der Waals surface area (Å²) < 4.78 is 1.98. The molecule has 5 fully saturated rings. The van der Waals surface area contributed by atoms with Gasteiger partial charge in [0, 0.05) is 83.8 Å². The second-order valence-corrected chi connectivity index (χ2v) is 16.4. The van der Waals surface area contributed by atoms with Crippen molar-refractivity contribution < 1.29 is 28.8 Å². The topological polar surface area (TPSA) is 216 Å². The number of carbonyl (C=O) groups excluding carboxylic acids is 6. The molecule has 8 heterocycles. The average molecular weight is 808 g/mol. The van der Waals surface area contributed by atoms with Crippen LogP contribution in [-0.2, 0) is 9.59 Å². The second-order valence-electron chi connectivity index (χ2n) is 16.4. The lowest BCUT2D eigenvalue weighted by Crippen LogP contribution is -2.54. The summed E-state index contributed by atoms with van der Waals surface area (Å²) in [6.07, 6.45) is 11.1. The quantitative estimate of drug-likeness (QED) is 0.262. The molecule has 5 saturated heterocycles. The summed E-state index contributed by atoms with van der Waals surface area (Å²) in [4.78, 5) is 96.5. The van der Waals surface area contributed by atoms with Crippen LogP contribution in [0.4, 0.5) is 27.8 Å². The number of rotatable bonds is 9. The first-order valence-corrected chi connectivity index (χ1v) is 20.6. The molecule has 310 valence electrons. The van der Waals surface area contributed by atoms with Crippen LogP contribution in [0, 0.1) is 0 Å². The number of imide groups is 2. The Labute approximate surface area is 340 Å². The van der Waals surface area contributed by atoms with Crippen LogP contribution in [0.25, 0.3) is 0 Å². The van der Waals surface area contributed by atoms with Crippen molar-refractivity contribution in [1.82, 2.24) is 44.7 Å². The van der Waals surface area contributed by atoms with Gasteiger partial charge >= 0.3 is 6.03 Å². The molecule has 0 aliphatic carbocycles. The average Bonchev–Trinajstić information content (AvgIpc) is 3.92. The zero-order valence-corrected chi connectivity index (χ0v) is 33.1.